The molecular formula is C10H10BrClO. The van der Waals surface area contributed by atoms with Crippen molar-refractivity contribution in [3.63, 3.8) is 0 Å². The van der Waals surface area contributed by atoms with Crippen LogP contribution >= 0.6 is 27.5 Å². The first-order valence-electron chi connectivity index (χ1n) is 4.05. The van der Waals surface area contributed by atoms with Gasteiger partial charge in [0.1, 0.15) is 0 Å². The highest BCUT2D eigenvalue weighted by Gasteiger charge is 2.11. The molecule has 1 aromatic carbocycles. The lowest BCUT2D eigenvalue weighted by Crippen LogP contribution is -1.99. The Kier molecular flexibility index (Phi) is 3.51. The summed E-state index contributed by atoms with van der Waals surface area (Å²) in [6, 6.07) is 3.68. The van der Waals surface area contributed by atoms with E-state index in [-0.39, 0.29) is 5.78 Å². The monoisotopic (exact) mass is 260 g/mol. The van der Waals surface area contributed by atoms with Crippen molar-refractivity contribution in [3.8, 4) is 0 Å². The summed E-state index contributed by atoms with van der Waals surface area (Å²) in [6.45, 7) is 3.54. The van der Waals surface area contributed by atoms with Crippen LogP contribution in [0, 0.1) is 0 Å². The molecule has 0 N–H and O–H groups in total. The van der Waals surface area contributed by atoms with E-state index in [1.54, 1.807) is 6.07 Å². The number of hydrogen-bond donors (Lipinski definition) is 0. The number of halogens is 2. The van der Waals surface area contributed by atoms with Crippen LogP contribution in [-0.4, -0.2) is 5.78 Å². The lowest BCUT2D eigenvalue weighted by molar-refractivity contribution is 0.101. The van der Waals surface area contributed by atoms with E-state index in [0.29, 0.717) is 10.6 Å². The molecule has 1 nitrogen and oxygen atoms in total. The van der Waals surface area contributed by atoms with Gasteiger partial charge in [-0.05, 0) is 31.0 Å². The van der Waals surface area contributed by atoms with Crippen LogP contribution in [0.2, 0.25) is 5.02 Å². The van der Waals surface area contributed by atoms with Crippen molar-refractivity contribution in [3.05, 3.63) is 32.8 Å². The van der Waals surface area contributed by atoms with Gasteiger partial charge in [0, 0.05) is 10.0 Å². The molecule has 0 aliphatic heterocycles. The first-order valence-corrected chi connectivity index (χ1v) is 5.22. The number of aryl methyl sites for hydroxylation is 1. The Morgan fingerprint density at radius 3 is 2.62 bits per heavy atom. The molecule has 0 aliphatic carbocycles. The molecule has 70 valence electrons. The number of ketones is 1. The summed E-state index contributed by atoms with van der Waals surface area (Å²) in [5.74, 6) is 0.0225. The second kappa shape index (κ2) is 4.25. The molecule has 0 aliphatic rings. The van der Waals surface area contributed by atoms with Crippen LogP contribution < -0.4 is 0 Å². The number of Topliss-reactive ketones (excluding diaryl/α,β-unsaturated/α-hetero) is 1. The van der Waals surface area contributed by atoms with Crippen molar-refractivity contribution < 1.29 is 4.79 Å². The minimum Gasteiger partial charge on any atom is -0.294 e. The second-order valence-corrected chi connectivity index (χ2v) is 4.15. The van der Waals surface area contributed by atoms with Crippen molar-refractivity contribution in [2.75, 3.05) is 0 Å². The Bertz CT molecular complexity index is 347. The van der Waals surface area contributed by atoms with Gasteiger partial charge in [0.2, 0.25) is 0 Å². The molecule has 0 saturated carbocycles. The van der Waals surface area contributed by atoms with Crippen molar-refractivity contribution in [1.82, 2.24) is 0 Å². The van der Waals surface area contributed by atoms with Crippen molar-refractivity contribution in [1.29, 1.82) is 0 Å². The Labute approximate surface area is 91.2 Å². The normalized spacial score (nSPS) is 10.2. The smallest absolute Gasteiger partial charge is 0.161 e. The molecule has 0 amide bonds. The zero-order valence-corrected chi connectivity index (χ0v) is 9.87. The van der Waals surface area contributed by atoms with Gasteiger partial charge in [0.05, 0.1) is 5.02 Å². The molecule has 0 heterocycles. The standard InChI is InChI=1S/C10H10BrClO/c1-3-7-4-8(11)5-9(12)10(7)6(2)13/h4-5H,3H2,1-2H3. The highest BCUT2D eigenvalue weighted by atomic mass is 79.9. The van der Waals surface area contributed by atoms with E-state index in [9.17, 15) is 4.79 Å². The summed E-state index contributed by atoms with van der Waals surface area (Å²) < 4.78 is 0.916. The predicted octanol–water partition coefficient (Wildman–Crippen LogP) is 3.87. The van der Waals surface area contributed by atoms with Gasteiger partial charge < -0.3 is 0 Å². The summed E-state index contributed by atoms with van der Waals surface area (Å²) >= 11 is 9.30. The van der Waals surface area contributed by atoms with Crippen molar-refractivity contribution >= 4 is 33.3 Å². The van der Waals surface area contributed by atoms with Gasteiger partial charge in [-0.15, -0.1) is 0 Å². The average Bonchev–Trinajstić information content (AvgIpc) is 2.01. The fourth-order valence-corrected chi connectivity index (χ4v) is 2.31. The fraction of sp³-hybridized carbons (Fsp3) is 0.300. The van der Waals surface area contributed by atoms with Gasteiger partial charge in [-0.25, -0.2) is 0 Å². The third kappa shape index (κ3) is 2.32. The van der Waals surface area contributed by atoms with Crippen LogP contribution in [0.4, 0.5) is 0 Å². The molecular weight excluding hydrogens is 251 g/mol. The summed E-state index contributed by atoms with van der Waals surface area (Å²) in [5, 5.41) is 0.527. The van der Waals surface area contributed by atoms with Gasteiger partial charge in [0.25, 0.3) is 0 Å². The minimum atomic E-state index is 0.0225. The predicted molar refractivity (Wildman–Crippen MR) is 58.5 cm³/mol. The molecule has 0 atom stereocenters. The maximum Gasteiger partial charge on any atom is 0.161 e. The highest BCUT2D eigenvalue weighted by Crippen LogP contribution is 2.26. The molecule has 13 heavy (non-hydrogen) atoms. The molecule has 0 unspecified atom stereocenters. The van der Waals surface area contributed by atoms with Crippen LogP contribution in [0.25, 0.3) is 0 Å². The maximum absolute atomic E-state index is 11.3. The van der Waals surface area contributed by atoms with Crippen LogP contribution in [0.3, 0.4) is 0 Å². The Balaban J connectivity index is 3.38. The third-order valence-electron chi connectivity index (χ3n) is 1.87. The van der Waals surface area contributed by atoms with E-state index < -0.39 is 0 Å². The van der Waals surface area contributed by atoms with Crippen molar-refractivity contribution in [2.24, 2.45) is 0 Å². The summed E-state index contributed by atoms with van der Waals surface area (Å²) in [6.07, 6.45) is 0.814. The van der Waals surface area contributed by atoms with E-state index in [4.69, 9.17) is 11.6 Å². The number of carbonyl (C=O) groups is 1. The molecule has 0 fully saturated rings. The number of rotatable bonds is 2. The quantitative estimate of drug-likeness (QED) is 0.739. The molecule has 0 radical (unpaired) electrons. The molecule has 0 saturated heterocycles. The Hall–Kier alpha value is -0.340. The van der Waals surface area contributed by atoms with E-state index in [0.717, 1.165) is 16.5 Å². The second-order valence-electron chi connectivity index (χ2n) is 2.83. The summed E-state index contributed by atoms with van der Waals surface area (Å²) in [5.41, 5.74) is 1.64. The minimum absolute atomic E-state index is 0.0225. The Morgan fingerprint density at radius 2 is 2.15 bits per heavy atom. The maximum atomic E-state index is 11.3. The van der Waals surface area contributed by atoms with Gasteiger partial charge in [0.15, 0.2) is 5.78 Å². The first-order chi connectivity index (χ1) is 6.06. The van der Waals surface area contributed by atoms with Crippen LogP contribution in [0.15, 0.2) is 16.6 Å². The third-order valence-corrected chi connectivity index (χ3v) is 2.63. The molecule has 0 aromatic heterocycles. The topological polar surface area (TPSA) is 17.1 Å². The van der Waals surface area contributed by atoms with Gasteiger partial charge >= 0.3 is 0 Å². The molecule has 3 heteroatoms. The summed E-state index contributed by atoms with van der Waals surface area (Å²) in [4.78, 5) is 11.3. The number of carbonyl (C=O) groups excluding carboxylic acids is 1. The van der Waals surface area contributed by atoms with Crippen LogP contribution in [0.1, 0.15) is 29.8 Å². The van der Waals surface area contributed by atoms with Gasteiger partial charge in [-0.3, -0.25) is 4.79 Å². The largest absolute Gasteiger partial charge is 0.294 e. The van der Waals surface area contributed by atoms with Crippen LogP contribution in [0.5, 0.6) is 0 Å². The molecule has 1 aromatic rings. The highest BCUT2D eigenvalue weighted by molar-refractivity contribution is 9.10. The van der Waals surface area contributed by atoms with Gasteiger partial charge in [-0.2, -0.15) is 0 Å². The molecule has 1 rings (SSSR count). The zero-order chi connectivity index (χ0) is 10.0. The first kappa shape index (κ1) is 10.7. The number of hydrogen-bond acceptors (Lipinski definition) is 1. The van der Waals surface area contributed by atoms with E-state index >= 15 is 0 Å². The van der Waals surface area contributed by atoms with Crippen LogP contribution in [-0.2, 0) is 6.42 Å². The summed E-state index contributed by atoms with van der Waals surface area (Å²) in [7, 11) is 0. The number of benzene rings is 1. The Morgan fingerprint density at radius 1 is 1.54 bits per heavy atom. The fourth-order valence-electron chi connectivity index (χ4n) is 1.30. The SMILES string of the molecule is CCc1cc(Br)cc(Cl)c1C(C)=O. The zero-order valence-electron chi connectivity index (χ0n) is 7.53. The van der Waals surface area contributed by atoms with Gasteiger partial charge in [-0.1, -0.05) is 34.5 Å². The van der Waals surface area contributed by atoms with E-state index in [2.05, 4.69) is 15.9 Å². The lowest BCUT2D eigenvalue weighted by atomic mass is 10.0. The van der Waals surface area contributed by atoms with Crippen molar-refractivity contribution in [2.45, 2.75) is 20.3 Å². The lowest BCUT2D eigenvalue weighted by Gasteiger charge is -2.07. The molecule has 0 spiro atoms. The van der Waals surface area contributed by atoms with E-state index in [1.807, 2.05) is 13.0 Å². The van der Waals surface area contributed by atoms with E-state index in [1.165, 1.54) is 6.92 Å². The average molecular weight is 262 g/mol. The molecule has 0 bridgehead atoms.